The number of thioether (sulfide) groups is 1. The van der Waals surface area contributed by atoms with E-state index in [4.69, 9.17) is 13.9 Å². The molecule has 1 aromatic heterocycles. The minimum atomic E-state index is -0.285. The van der Waals surface area contributed by atoms with Gasteiger partial charge in [-0.25, -0.2) is 0 Å². The summed E-state index contributed by atoms with van der Waals surface area (Å²) in [4.78, 5) is 14.2. The third-order valence-corrected chi connectivity index (χ3v) is 4.69. The summed E-state index contributed by atoms with van der Waals surface area (Å²) in [7, 11) is 0. The molecule has 0 saturated carbocycles. The minimum Gasteiger partial charge on any atom is -0.494 e. The molecule has 1 aromatic carbocycles. The topological polar surface area (TPSA) is 77.7 Å². The molecule has 0 aliphatic carbocycles. The van der Waals surface area contributed by atoms with E-state index < -0.39 is 0 Å². The number of ether oxygens (including phenoxy) is 2. The summed E-state index contributed by atoms with van der Waals surface area (Å²) >= 11 is 1.28. The van der Waals surface area contributed by atoms with Gasteiger partial charge in [0, 0.05) is 18.7 Å². The maximum absolute atomic E-state index is 12.4. The van der Waals surface area contributed by atoms with Gasteiger partial charge in [-0.2, -0.15) is 0 Å². The number of amides is 1. The summed E-state index contributed by atoms with van der Waals surface area (Å²) in [6.07, 6.45) is 0. The van der Waals surface area contributed by atoms with E-state index in [9.17, 15) is 4.79 Å². The average molecular weight is 363 g/mol. The molecule has 0 radical (unpaired) electrons. The van der Waals surface area contributed by atoms with E-state index in [1.807, 2.05) is 43.0 Å². The molecule has 25 heavy (non-hydrogen) atoms. The number of morpholine rings is 1. The van der Waals surface area contributed by atoms with Gasteiger partial charge in [-0.05, 0) is 38.1 Å². The molecule has 8 heteroatoms. The molecule has 1 saturated heterocycles. The lowest BCUT2D eigenvalue weighted by Crippen LogP contribution is -2.44. The van der Waals surface area contributed by atoms with Crippen LogP contribution in [0.25, 0.3) is 11.5 Å². The Morgan fingerprint density at radius 3 is 2.68 bits per heavy atom. The summed E-state index contributed by atoms with van der Waals surface area (Å²) in [5.41, 5.74) is 0.815. The van der Waals surface area contributed by atoms with Crippen molar-refractivity contribution in [1.82, 2.24) is 15.1 Å². The van der Waals surface area contributed by atoms with E-state index in [1.54, 1.807) is 0 Å². The third-order valence-electron chi connectivity index (χ3n) is 3.77. The average Bonchev–Trinajstić information content (AvgIpc) is 3.11. The van der Waals surface area contributed by atoms with Gasteiger partial charge < -0.3 is 18.8 Å². The zero-order chi connectivity index (χ0) is 17.6. The molecule has 1 atom stereocenters. The van der Waals surface area contributed by atoms with E-state index in [-0.39, 0.29) is 11.2 Å². The van der Waals surface area contributed by atoms with Crippen LogP contribution in [-0.2, 0) is 9.53 Å². The second kappa shape index (κ2) is 8.35. The van der Waals surface area contributed by atoms with Gasteiger partial charge in [0.1, 0.15) is 5.75 Å². The van der Waals surface area contributed by atoms with Crippen LogP contribution in [0.4, 0.5) is 0 Å². The van der Waals surface area contributed by atoms with Crippen LogP contribution in [0, 0.1) is 0 Å². The second-order valence-corrected chi connectivity index (χ2v) is 6.82. The Kier molecular flexibility index (Phi) is 5.93. The first kappa shape index (κ1) is 17.8. The number of nitrogens with zero attached hydrogens (tertiary/aromatic N) is 3. The highest BCUT2D eigenvalue weighted by Gasteiger charge is 2.25. The van der Waals surface area contributed by atoms with Crippen LogP contribution in [-0.4, -0.2) is 59.2 Å². The van der Waals surface area contributed by atoms with Crippen molar-refractivity contribution in [3.63, 3.8) is 0 Å². The fraction of sp³-hybridized carbons (Fsp3) is 0.471. The predicted octanol–water partition coefficient (Wildman–Crippen LogP) is 2.47. The van der Waals surface area contributed by atoms with Crippen LogP contribution >= 0.6 is 11.8 Å². The Labute approximate surface area is 150 Å². The number of aromatic nitrogens is 2. The highest BCUT2D eigenvalue weighted by Crippen LogP contribution is 2.28. The van der Waals surface area contributed by atoms with Crippen molar-refractivity contribution < 1.29 is 18.7 Å². The zero-order valence-electron chi connectivity index (χ0n) is 14.3. The van der Waals surface area contributed by atoms with Crippen molar-refractivity contribution in [3.05, 3.63) is 24.3 Å². The molecule has 0 N–H and O–H groups in total. The molecule has 134 valence electrons. The summed E-state index contributed by atoms with van der Waals surface area (Å²) in [5, 5.41) is 8.20. The van der Waals surface area contributed by atoms with Crippen molar-refractivity contribution in [2.75, 3.05) is 32.9 Å². The Bertz CT molecular complexity index is 698. The van der Waals surface area contributed by atoms with Gasteiger partial charge in [-0.15, -0.1) is 10.2 Å². The number of benzene rings is 1. The van der Waals surface area contributed by atoms with Gasteiger partial charge >= 0.3 is 0 Å². The molecule has 1 amide bonds. The van der Waals surface area contributed by atoms with E-state index in [1.165, 1.54) is 11.8 Å². The van der Waals surface area contributed by atoms with Crippen LogP contribution in [0.15, 0.2) is 33.9 Å². The number of carbonyl (C=O) groups is 1. The quantitative estimate of drug-likeness (QED) is 0.730. The van der Waals surface area contributed by atoms with Crippen molar-refractivity contribution in [1.29, 1.82) is 0 Å². The summed E-state index contributed by atoms with van der Waals surface area (Å²) < 4.78 is 16.4. The third kappa shape index (κ3) is 4.52. The highest BCUT2D eigenvalue weighted by molar-refractivity contribution is 8.00. The van der Waals surface area contributed by atoms with E-state index in [0.717, 1.165) is 11.3 Å². The SMILES string of the molecule is CCOc1ccc(-c2nnc(SC(C)C(=O)N3CCOCC3)o2)cc1. The predicted molar refractivity (Wildman–Crippen MR) is 93.6 cm³/mol. The molecular weight excluding hydrogens is 342 g/mol. The largest absolute Gasteiger partial charge is 0.494 e. The summed E-state index contributed by atoms with van der Waals surface area (Å²) in [5.74, 6) is 1.29. The molecule has 0 spiro atoms. The van der Waals surface area contributed by atoms with Gasteiger partial charge in [-0.1, -0.05) is 11.8 Å². The van der Waals surface area contributed by atoms with E-state index >= 15 is 0 Å². The Balaban J connectivity index is 1.61. The fourth-order valence-electron chi connectivity index (χ4n) is 2.48. The summed E-state index contributed by atoms with van der Waals surface area (Å²) in [6.45, 7) is 6.85. The van der Waals surface area contributed by atoms with Crippen LogP contribution in [0.5, 0.6) is 5.75 Å². The molecule has 3 rings (SSSR count). The van der Waals surface area contributed by atoms with Crippen molar-refractivity contribution in [2.24, 2.45) is 0 Å². The van der Waals surface area contributed by atoms with E-state index in [0.29, 0.717) is 44.0 Å². The number of carbonyl (C=O) groups excluding carboxylic acids is 1. The standard InChI is InChI=1S/C17H21N3O4S/c1-3-23-14-6-4-13(5-7-14)15-18-19-17(24-15)25-12(2)16(21)20-8-10-22-11-9-20/h4-7,12H,3,8-11H2,1-2H3. The number of rotatable bonds is 6. The lowest BCUT2D eigenvalue weighted by Gasteiger charge is -2.28. The molecule has 1 aliphatic rings. The Morgan fingerprint density at radius 2 is 2.00 bits per heavy atom. The molecule has 1 fully saturated rings. The van der Waals surface area contributed by atoms with Gasteiger partial charge in [0.25, 0.3) is 5.22 Å². The molecule has 2 aromatic rings. The molecule has 1 unspecified atom stereocenters. The monoisotopic (exact) mass is 363 g/mol. The van der Waals surface area contributed by atoms with Crippen molar-refractivity contribution in [2.45, 2.75) is 24.3 Å². The Hall–Kier alpha value is -2.06. The van der Waals surface area contributed by atoms with Crippen LogP contribution < -0.4 is 4.74 Å². The maximum Gasteiger partial charge on any atom is 0.277 e. The molecule has 1 aliphatic heterocycles. The summed E-state index contributed by atoms with van der Waals surface area (Å²) in [6, 6.07) is 7.46. The van der Waals surface area contributed by atoms with Crippen molar-refractivity contribution >= 4 is 17.7 Å². The Morgan fingerprint density at radius 1 is 1.28 bits per heavy atom. The lowest BCUT2D eigenvalue weighted by molar-refractivity contribution is -0.134. The van der Waals surface area contributed by atoms with Gasteiger partial charge in [0.05, 0.1) is 25.1 Å². The highest BCUT2D eigenvalue weighted by atomic mass is 32.2. The van der Waals surface area contributed by atoms with Crippen LogP contribution in [0.2, 0.25) is 0 Å². The smallest absolute Gasteiger partial charge is 0.277 e. The van der Waals surface area contributed by atoms with Gasteiger partial charge in [-0.3, -0.25) is 4.79 Å². The first-order chi connectivity index (χ1) is 12.2. The van der Waals surface area contributed by atoms with Gasteiger partial charge in [0.15, 0.2) is 0 Å². The van der Waals surface area contributed by atoms with Crippen LogP contribution in [0.1, 0.15) is 13.8 Å². The lowest BCUT2D eigenvalue weighted by atomic mass is 10.2. The van der Waals surface area contributed by atoms with Gasteiger partial charge in [0.2, 0.25) is 11.8 Å². The number of hydrogen-bond donors (Lipinski definition) is 0. The normalized spacial score (nSPS) is 15.8. The molecule has 2 heterocycles. The molecule has 7 nitrogen and oxygen atoms in total. The first-order valence-electron chi connectivity index (χ1n) is 8.27. The van der Waals surface area contributed by atoms with E-state index in [2.05, 4.69) is 10.2 Å². The van der Waals surface area contributed by atoms with Crippen LogP contribution in [0.3, 0.4) is 0 Å². The zero-order valence-corrected chi connectivity index (χ0v) is 15.1. The second-order valence-electron chi connectivity index (χ2n) is 5.53. The molecule has 0 bridgehead atoms. The van der Waals surface area contributed by atoms with Crippen molar-refractivity contribution in [3.8, 4) is 17.2 Å². The molecular formula is C17H21N3O4S. The number of hydrogen-bond acceptors (Lipinski definition) is 7. The maximum atomic E-state index is 12.4. The first-order valence-corrected chi connectivity index (χ1v) is 9.15. The minimum absolute atomic E-state index is 0.0640. The fourth-order valence-corrected chi connectivity index (χ4v) is 3.24.